The summed E-state index contributed by atoms with van der Waals surface area (Å²) in [6.07, 6.45) is 1.66. The Morgan fingerprint density at radius 1 is 0.750 bits per heavy atom. The van der Waals surface area contributed by atoms with Crippen LogP contribution in [0.3, 0.4) is 0 Å². The Bertz CT molecular complexity index is 810. The summed E-state index contributed by atoms with van der Waals surface area (Å²) in [6, 6.07) is 26.9. The fourth-order valence-electron chi connectivity index (χ4n) is 2.93. The van der Waals surface area contributed by atoms with Gasteiger partial charge in [-0.2, -0.15) is 0 Å². The number of anilines is 1. The maximum absolute atomic E-state index is 11.6. The Balaban J connectivity index is 1.98. The second-order valence-corrected chi connectivity index (χ2v) is 5.95. The van der Waals surface area contributed by atoms with E-state index in [1.165, 1.54) is 22.3 Å². The average Bonchev–Trinajstić information content (AvgIpc) is 2.59. The molecule has 2 nitrogen and oxygen atoms in total. The fourth-order valence-corrected chi connectivity index (χ4v) is 2.93. The van der Waals surface area contributed by atoms with Crippen LogP contribution in [0, 0.1) is 0 Å². The van der Waals surface area contributed by atoms with Crippen molar-refractivity contribution in [3.8, 4) is 0 Å². The summed E-state index contributed by atoms with van der Waals surface area (Å²) in [4.78, 5) is 11.6. The molecule has 2 heteroatoms. The van der Waals surface area contributed by atoms with Crippen molar-refractivity contribution in [2.45, 2.75) is 19.8 Å². The van der Waals surface area contributed by atoms with E-state index in [1.54, 1.807) is 6.92 Å². The first-order valence-corrected chi connectivity index (χ1v) is 8.18. The van der Waals surface area contributed by atoms with Gasteiger partial charge < -0.3 is 5.32 Å². The second-order valence-electron chi connectivity index (χ2n) is 5.95. The van der Waals surface area contributed by atoms with Crippen molar-refractivity contribution >= 4 is 11.6 Å². The Morgan fingerprint density at radius 2 is 1.33 bits per heavy atom. The van der Waals surface area contributed by atoms with Crippen molar-refractivity contribution in [1.29, 1.82) is 0 Å². The molecule has 3 rings (SSSR count). The largest absolute Gasteiger partial charge is 0.326 e. The summed E-state index contributed by atoms with van der Waals surface area (Å²) >= 11 is 0. The van der Waals surface area contributed by atoms with Crippen molar-refractivity contribution in [3.05, 3.63) is 101 Å². The molecular formula is C22H21NO. The molecule has 1 N–H and O–H groups in total. The van der Waals surface area contributed by atoms with Crippen molar-refractivity contribution in [3.63, 3.8) is 0 Å². The van der Waals surface area contributed by atoms with Gasteiger partial charge in [0.25, 0.3) is 0 Å². The van der Waals surface area contributed by atoms with Gasteiger partial charge in [-0.15, -0.1) is 0 Å². The zero-order valence-electron chi connectivity index (χ0n) is 13.8. The van der Waals surface area contributed by atoms with Gasteiger partial charge >= 0.3 is 0 Å². The van der Waals surface area contributed by atoms with Crippen LogP contribution in [0.1, 0.15) is 29.2 Å². The van der Waals surface area contributed by atoms with E-state index in [2.05, 4.69) is 47.8 Å². The van der Waals surface area contributed by atoms with E-state index in [-0.39, 0.29) is 5.91 Å². The molecule has 0 radical (unpaired) electrons. The molecule has 0 bridgehead atoms. The molecule has 0 unspecified atom stereocenters. The molecule has 0 aliphatic rings. The summed E-state index contributed by atoms with van der Waals surface area (Å²) in [6.45, 7) is 1.55. The number of rotatable bonds is 5. The van der Waals surface area contributed by atoms with Crippen LogP contribution in [0.15, 0.2) is 78.9 Å². The van der Waals surface area contributed by atoms with Crippen molar-refractivity contribution in [2.24, 2.45) is 0 Å². The lowest BCUT2D eigenvalue weighted by molar-refractivity contribution is -0.114. The van der Waals surface area contributed by atoms with Gasteiger partial charge in [0, 0.05) is 12.6 Å². The maximum Gasteiger partial charge on any atom is 0.221 e. The van der Waals surface area contributed by atoms with Crippen LogP contribution in [0.4, 0.5) is 5.69 Å². The number of hydrogen-bond donors (Lipinski definition) is 1. The van der Waals surface area contributed by atoms with Crippen LogP contribution >= 0.6 is 0 Å². The lowest BCUT2D eigenvalue weighted by Crippen LogP contribution is -2.10. The van der Waals surface area contributed by atoms with Gasteiger partial charge in [-0.05, 0) is 41.2 Å². The predicted octanol–water partition coefficient (Wildman–Crippen LogP) is 4.83. The highest BCUT2D eigenvalue weighted by Crippen LogP contribution is 2.25. The molecule has 0 heterocycles. The second kappa shape index (κ2) is 7.60. The minimum atomic E-state index is -0.0406. The zero-order chi connectivity index (χ0) is 16.8. The summed E-state index contributed by atoms with van der Waals surface area (Å²) in [7, 11) is 0. The van der Waals surface area contributed by atoms with Crippen LogP contribution in [-0.4, -0.2) is 5.91 Å². The Hall–Kier alpha value is -2.87. The van der Waals surface area contributed by atoms with E-state index in [4.69, 9.17) is 0 Å². The molecule has 3 aromatic rings. The maximum atomic E-state index is 11.6. The molecular weight excluding hydrogens is 294 g/mol. The molecule has 0 saturated heterocycles. The summed E-state index contributed by atoms with van der Waals surface area (Å²) < 4.78 is 0. The minimum Gasteiger partial charge on any atom is -0.326 e. The fraction of sp³-hybridized carbons (Fsp3) is 0.136. The van der Waals surface area contributed by atoms with Crippen molar-refractivity contribution in [1.82, 2.24) is 0 Å². The SMILES string of the molecule is CC(=O)Nc1cccc(Cc2ccccc2)c1Cc1ccccc1. The molecule has 0 spiro atoms. The van der Waals surface area contributed by atoms with Gasteiger partial charge in [-0.25, -0.2) is 0 Å². The van der Waals surface area contributed by atoms with Gasteiger partial charge in [-0.3, -0.25) is 4.79 Å². The number of hydrogen-bond acceptors (Lipinski definition) is 1. The Kier molecular flexibility index (Phi) is 5.07. The summed E-state index contributed by atoms with van der Waals surface area (Å²) in [5, 5.41) is 2.98. The monoisotopic (exact) mass is 315 g/mol. The highest BCUT2D eigenvalue weighted by Gasteiger charge is 2.11. The van der Waals surface area contributed by atoms with Crippen LogP contribution in [-0.2, 0) is 17.6 Å². The third-order valence-corrected chi connectivity index (χ3v) is 4.04. The first-order chi connectivity index (χ1) is 11.7. The van der Waals surface area contributed by atoms with Gasteiger partial charge in [0.2, 0.25) is 5.91 Å². The van der Waals surface area contributed by atoms with E-state index in [1.807, 2.05) is 36.4 Å². The lowest BCUT2D eigenvalue weighted by atomic mass is 9.93. The first kappa shape index (κ1) is 16.0. The quantitative estimate of drug-likeness (QED) is 0.718. The number of carbonyl (C=O) groups is 1. The highest BCUT2D eigenvalue weighted by atomic mass is 16.1. The third-order valence-electron chi connectivity index (χ3n) is 4.04. The Morgan fingerprint density at radius 3 is 1.92 bits per heavy atom. The van der Waals surface area contributed by atoms with Gasteiger partial charge in [-0.1, -0.05) is 72.8 Å². The smallest absolute Gasteiger partial charge is 0.221 e. The standard InChI is InChI=1S/C22H21NO/c1-17(24)23-22-14-8-13-20(15-18-9-4-2-5-10-18)21(22)16-19-11-6-3-7-12-19/h2-14H,15-16H2,1H3,(H,23,24). The number of amides is 1. The van der Waals surface area contributed by atoms with Crippen LogP contribution in [0.25, 0.3) is 0 Å². The third kappa shape index (κ3) is 4.11. The minimum absolute atomic E-state index is 0.0406. The van der Waals surface area contributed by atoms with Crippen LogP contribution in [0.5, 0.6) is 0 Å². The first-order valence-electron chi connectivity index (χ1n) is 8.18. The van der Waals surface area contributed by atoms with Gasteiger partial charge in [0.05, 0.1) is 0 Å². The molecule has 120 valence electrons. The van der Waals surface area contributed by atoms with Crippen LogP contribution < -0.4 is 5.32 Å². The normalized spacial score (nSPS) is 10.4. The lowest BCUT2D eigenvalue weighted by Gasteiger charge is -2.16. The van der Waals surface area contributed by atoms with E-state index in [9.17, 15) is 4.79 Å². The van der Waals surface area contributed by atoms with Gasteiger partial charge in [0.15, 0.2) is 0 Å². The molecule has 0 aromatic heterocycles. The number of carbonyl (C=O) groups excluding carboxylic acids is 1. The molecule has 3 aromatic carbocycles. The van der Waals surface area contributed by atoms with E-state index in [0.29, 0.717) is 0 Å². The summed E-state index contributed by atoms with van der Waals surface area (Å²) in [5.41, 5.74) is 5.84. The highest BCUT2D eigenvalue weighted by molar-refractivity contribution is 5.89. The van der Waals surface area contributed by atoms with E-state index in [0.717, 1.165) is 18.5 Å². The summed E-state index contributed by atoms with van der Waals surface area (Å²) in [5.74, 6) is -0.0406. The molecule has 0 saturated carbocycles. The number of benzene rings is 3. The molecule has 0 atom stereocenters. The zero-order valence-corrected chi connectivity index (χ0v) is 13.8. The molecule has 0 aliphatic carbocycles. The van der Waals surface area contributed by atoms with E-state index < -0.39 is 0 Å². The van der Waals surface area contributed by atoms with Crippen molar-refractivity contribution < 1.29 is 4.79 Å². The molecule has 24 heavy (non-hydrogen) atoms. The predicted molar refractivity (Wildman–Crippen MR) is 99.2 cm³/mol. The number of nitrogens with one attached hydrogen (secondary N) is 1. The van der Waals surface area contributed by atoms with E-state index >= 15 is 0 Å². The van der Waals surface area contributed by atoms with Gasteiger partial charge in [0.1, 0.15) is 0 Å². The van der Waals surface area contributed by atoms with Crippen LogP contribution in [0.2, 0.25) is 0 Å². The van der Waals surface area contributed by atoms with Crippen molar-refractivity contribution in [2.75, 3.05) is 5.32 Å². The average molecular weight is 315 g/mol. The Labute approximate surface area is 143 Å². The molecule has 1 amide bonds. The molecule has 0 fully saturated rings. The topological polar surface area (TPSA) is 29.1 Å². The molecule has 0 aliphatic heterocycles.